The predicted octanol–water partition coefficient (Wildman–Crippen LogP) is 2.56. The molecule has 2 unspecified atom stereocenters. The van der Waals surface area contributed by atoms with Crippen molar-refractivity contribution in [1.82, 2.24) is 10.2 Å². The van der Waals surface area contributed by atoms with Gasteiger partial charge in [-0.15, -0.1) is 0 Å². The standard InChI is InChI=1S/C16H17FN2O3S/c17-11-5-3-4-10(8-11)15(21)18-12-6-1-2-7-13(12)19-14(20)9-23-16(19)22/h3-5,8,12-13H,1-2,6-7,9H2,(H,18,21). The summed E-state index contributed by atoms with van der Waals surface area (Å²) < 4.78 is 13.3. The molecule has 1 N–H and O–H groups in total. The number of amides is 3. The Morgan fingerprint density at radius 1 is 1.26 bits per heavy atom. The maximum absolute atomic E-state index is 13.3. The Bertz CT molecular complexity index is 636. The number of thioether (sulfide) groups is 1. The van der Waals surface area contributed by atoms with Crippen LogP contribution in [-0.4, -0.2) is 39.8 Å². The van der Waals surface area contributed by atoms with Gasteiger partial charge in [0.25, 0.3) is 11.1 Å². The van der Waals surface area contributed by atoms with Crippen LogP contribution in [0.1, 0.15) is 36.0 Å². The van der Waals surface area contributed by atoms with Crippen LogP contribution in [0.5, 0.6) is 0 Å². The third kappa shape index (κ3) is 3.39. The van der Waals surface area contributed by atoms with Crippen molar-refractivity contribution in [2.75, 3.05) is 5.75 Å². The van der Waals surface area contributed by atoms with E-state index in [0.717, 1.165) is 24.6 Å². The summed E-state index contributed by atoms with van der Waals surface area (Å²) in [6, 6.07) is 4.88. The van der Waals surface area contributed by atoms with Gasteiger partial charge < -0.3 is 5.32 Å². The summed E-state index contributed by atoms with van der Waals surface area (Å²) in [6.07, 6.45) is 3.23. The van der Waals surface area contributed by atoms with Gasteiger partial charge in [-0.2, -0.15) is 0 Å². The highest BCUT2D eigenvalue weighted by Crippen LogP contribution is 2.30. The van der Waals surface area contributed by atoms with E-state index in [2.05, 4.69) is 5.32 Å². The number of nitrogens with one attached hydrogen (secondary N) is 1. The van der Waals surface area contributed by atoms with Gasteiger partial charge in [-0.3, -0.25) is 19.3 Å². The number of imide groups is 1. The molecule has 122 valence electrons. The molecule has 2 atom stereocenters. The van der Waals surface area contributed by atoms with Crippen molar-refractivity contribution in [2.24, 2.45) is 0 Å². The average Bonchev–Trinajstić information content (AvgIpc) is 2.87. The van der Waals surface area contributed by atoms with Gasteiger partial charge in [-0.05, 0) is 31.0 Å². The lowest BCUT2D eigenvalue weighted by Gasteiger charge is -2.36. The van der Waals surface area contributed by atoms with Crippen molar-refractivity contribution in [3.05, 3.63) is 35.6 Å². The number of carbonyl (C=O) groups is 3. The molecule has 0 spiro atoms. The van der Waals surface area contributed by atoms with Crippen LogP contribution in [0.3, 0.4) is 0 Å². The van der Waals surface area contributed by atoms with Crippen LogP contribution < -0.4 is 5.32 Å². The number of rotatable bonds is 3. The molecule has 2 aliphatic rings. The number of hydrogen-bond donors (Lipinski definition) is 1. The second kappa shape index (κ2) is 6.70. The third-order valence-electron chi connectivity index (χ3n) is 4.25. The normalized spacial score (nSPS) is 24.8. The van der Waals surface area contributed by atoms with Crippen LogP contribution in [0.2, 0.25) is 0 Å². The smallest absolute Gasteiger partial charge is 0.289 e. The van der Waals surface area contributed by atoms with E-state index in [4.69, 9.17) is 0 Å². The molecular formula is C16H17FN2O3S. The summed E-state index contributed by atoms with van der Waals surface area (Å²) in [5.74, 6) is -0.885. The van der Waals surface area contributed by atoms with E-state index in [-0.39, 0.29) is 40.5 Å². The molecule has 0 aromatic heterocycles. The maximum atomic E-state index is 13.3. The molecule has 3 rings (SSSR count). The predicted molar refractivity (Wildman–Crippen MR) is 84.6 cm³/mol. The summed E-state index contributed by atoms with van der Waals surface area (Å²) >= 11 is 1.00. The molecule has 1 aliphatic carbocycles. The van der Waals surface area contributed by atoms with E-state index in [0.29, 0.717) is 12.8 Å². The Morgan fingerprint density at radius 3 is 2.74 bits per heavy atom. The summed E-state index contributed by atoms with van der Waals surface area (Å²) in [5.41, 5.74) is 0.239. The van der Waals surface area contributed by atoms with Gasteiger partial charge in [0.2, 0.25) is 5.91 Å². The minimum Gasteiger partial charge on any atom is -0.347 e. The molecule has 7 heteroatoms. The second-order valence-corrected chi connectivity index (χ2v) is 6.69. The zero-order valence-corrected chi connectivity index (χ0v) is 13.3. The van der Waals surface area contributed by atoms with Gasteiger partial charge in [-0.25, -0.2) is 4.39 Å². The van der Waals surface area contributed by atoms with E-state index in [1.165, 1.54) is 29.2 Å². The first kappa shape index (κ1) is 16.0. The lowest BCUT2D eigenvalue weighted by Crippen LogP contribution is -2.54. The Morgan fingerprint density at radius 2 is 2.04 bits per heavy atom. The zero-order valence-electron chi connectivity index (χ0n) is 12.5. The fourth-order valence-electron chi connectivity index (χ4n) is 3.15. The molecule has 1 aliphatic heterocycles. The first-order valence-electron chi connectivity index (χ1n) is 7.61. The number of halogens is 1. The lowest BCUT2D eigenvalue weighted by molar-refractivity contribution is -0.127. The minimum atomic E-state index is -0.473. The van der Waals surface area contributed by atoms with Crippen molar-refractivity contribution < 1.29 is 18.8 Å². The third-order valence-corrected chi connectivity index (χ3v) is 5.08. The number of benzene rings is 1. The fraction of sp³-hybridized carbons (Fsp3) is 0.438. The van der Waals surface area contributed by atoms with Crippen LogP contribution >= 0.6 is 11.8 Å². The average molecular weight is 336 g/mol. The van der Waals surface area contributed by atoms with Gasteiger partial charge in [0.1, 0.15) is 5.82 Å². The molecular weight excluding hydrogens is 319 g/mol. The number of hydrogen-bond acceptors (Lipinski definition) is 4. The largest absolute Gasteiger partial charge is 0.347 e. The molecule has 1 saturated heterocycles. The SMILES string of the molecule is O=C(NC1CCCCC1N1C(=O)CSC1=O)c1cccc(F)c1. The number of carbonyl (C=O) groups excluding carboxylic acids is 3. The lowest BCUT2D eigenvalue weighted by atomic mass is 9.89. The molecule has 2 fully saturated rings. The van der Waals surface area contributed by atoms with Crippen LogP contribution in [0.4, 0.5) is 9.18 Å². The highest BCUT2D eigenvalue weighted by atomic mass is 32.2. The Balaban J connectivity index is 1.75. The highest BCUT2D eigenvalue weighted by Gasteiger charge is 2.41. The van der Waals surface area contributed by atoms with Crippen molar-refractivity contribution in [1.29, 1.82) is 0 Å². The molecule has 1 heterocycles. The van der Waals surface area contributed by atoms with Gasteiger partial charge in [0.05, 0.1) is 17.8 Å². The number of nitrogens with zero attached hydrogens (tertiary/aromatic N) is 1. The fourth-order valence-corrected chi connectivity index (χ4v) is 3.92. The van der Waals surface area contributed by atoms with Crippen LogP contribution in [-0.2, 0) is 4.79 Å². The monoisotopic (exact) mass is 336 g/mol. The van der Waals surface area contributed by atoms with Crippen molar-refractivity contribution in [3.63, 3.8) is 0 Å². The topological polar surface area (TPSA) is 66.5 Å². The van der Waals surface area contributed by atoms with E-state index in [9.17, 15) is 18.8 Å². The van der Waals surface area contributed by atoms with Gasteiger partial charge in [-0.1, -0.05) is 30.7 Å². The van der Waals surface area contributed by atoms with Crippen LogP contribution in [0.15, 0.2) is 24.3 Å². The van der Waals surface area contributed by atoms with Gasteiger partial charge in [0, 0.05) is 5.56 Å². The first-order valence-corrected chi connectivity index (χ1v) is 8.60. The summed E-state index contributed by atoms with van der Waals surface area (Å²) in [7, 11) is 0. The molecule has 1 aromatic carbocycles. The first-order chi connectivity index (χ1) is 11.1. The van der Waals surface area contributed by atoms with E-state index in [1.54, 1.807) is 0 Å². The van der Waals surface area contributed by atoms with Crippen molar-refractivity contribution in [2.45, 2.75) is 37.8 Å². The second-order valence-electron chi connectivity index (χ2n) is 5.76. The Kier molecular flexibility index (Phi) is 4.66. The summed E-state index contributed by atoms with van der Waals surface area (Å²) in [6.45, 7) is 0. The van der Waals surface area contributed by atoms with E-state index < -0.39 is 5.82 Å². The molecule has 23 heavy (non-hydrogen) atoms. The Labute approximate surface area is 137 Å². The van der Waals surface area contributed by atoms with Crippen molar-refractivity contribution >= 4 is 28.8 Å². The van der Waals surface area contributed by atoms with Crippen LogP contribution in [0, 0.1) is 5.82 Å². The summed E-state index contributed by atoms with van der Waals surface area (Å²) in [4.78, 5) is 37.5. The minimum absolute atomic E-state index is 0.167. The maximum Gasteiger partial charge on any atom is 0.289 e. The zero-order chi connectivity index (χ0) is 16.4. The molecule has 1 saturated carbocycles. The van der Waals surface area contributed by atoms with E-state index >= 15 is 0 Å². The molecule has 5 nitrogen and oxygen atoms in total. The quantitative estimate of drug-likeness (QED) is 0.921. The van der Waals surface area contributed by atoms with E-state index in [1.807, 2.05) is 0 Å². The van der Waals surface area contributed by atoms with Crippen LogP contribution in [0.25, 0.3) is 0 Å². The summed E-state index contributed by atoms with van der Waals surface area (Å²) in [5, 5.41) is 2.63. The highest BCUT2D eigenvalue weighted by molar-refractivity contribution is 8.14. The molecule has 3 amide bonds. The van der Waals surface area contributed by atoms with Gasteiger partial charge in [0.15, 0.2) is 0 Å². The molecule has 0 bridgehead atoms. The van der Waals surface area contributed by atoms with Gasteiger partial charge >= 0.3 is 0 Å². The molecule has 0 radical (unpaired) electrons. The van der Waals surface area contributed by atoms with Crippen molar-refractivity contribution in [3.8, 4) is 0 Å². The molecule has 1 aromatic rings. The Hall–Kier alpha value is -1.89.